The third kappa shape index (κ3) is 10.9. The predicted octanol–water partition coefficient (Wildman–Crippen LogP) is 7.04. The van der Waals surface area contributed by atoms with Crippen molar-refractivity contribution in [3.05, 3.63) is 119 Å². The Kier molecular flexibility index (Phi) is 17.7. The fourth-order valence-corrected chi connectivity index (χ4v) is 4.83. The van der Waals surface area contributed by atoms with Gasteiger partial charge in [-0.25, -0.2) is 0 Å². The van der Waals surface area contributed by atoms with Gasteiger partial charge in [-0.15, -0.1) is 0 Å². The number of aldehydes is 1. The summed E-state index contributed by atoms with van der Waals surface area (Å²) in [5.41, 5.74) is 4.32. The van der Waals surface area contributed by atoms with E-state index >= 15 is 0 Å². The first kappa shape index (κ1) is 37.4. The van der Waals surface area contributed by atoms with Gasteiger partial charge >= 0.3 is 0 Å². The van der Waals surface area contributed by atoms with Crippen LogP contribution < -0.4 is 5.32 Å². The molecular formula is C37H52N2O4. The molecule has 1 fully saturated rings. The van der Waals surface area contributed by atoms with Crippen molar-refractivity contribution < 1.29 is 19.7 Å². The van der Waals surface area contributed by atoms with Crippen LogP contribution in [0.15, 0.2) is 102 Å². The Bertz CT molecular complexity index is 1170. The highest BCUT2D eigenvalue weighted by Crippen LogP contribution is 2.37. The Balaban J connectivity index is 0.000000549. The number of carbonyl (C=O) groups is 1. The van der Waals surface area contributed by atoms with Gasteiger partial charge in [-0.2, -0.15) is 0 Å². The van der Waals surface area contributed by atoms with Crippen LogP contribution in [-0.2, 0) is 15.1 Å². The van der Waals surface area contributed by atoms with Gasteiger partial charge in [0.1, 0.15) is 23.8 Å². The predicted molar refractivity (Wildman–Crippen MR) is 180 cm³/mol. The fraction of sp³-hybridized carbons (Fsp3) is 0.405. The highest BCUT2D eigenvalue weighted by molar-refractivity contribution is 5.94. The Labute approximate surface area is 259 Å². The van der Waals surface area contributed by atoms with E-state index in [2.05, 4.69) is 109 Å². The molecule has 0 spiro atoms. The molecule has 0 aliphatic carbocycles. The highest BCUT2D eigenvalue weighted by Gasteiger charge is 2.37. The van der Waals surface area contributed by atoms with Crippen LogP contribution in [-0.4, -0.2) is 54.3 Å². The number of aliphatic imine (C=N–C) groups is 1. The summed E-state index contributed by atoms with van der Waals surface area (Å²) in [5, 5.41) is 21.4. The summed E-state index contributed by atoms with van der Waals surface area (Å²) in [7, 11) is 1.82. The third-order valence-corrected chi connectivity index (χ3v) is 6.89. The second-order valence-electron chi connectivity index (χ2n) is 10.2. The van der Waals surface area contributed by atoms with Crippen LogP contribution >= 0.6 is 0 Å². The van der Waals surface area contributed by atoms with E-state index in [0.717, 1.165) is 12.1 Å². The second kappa shape index (κ2) is 20.3. The molecule has 6 nitrogen and oxygen atoms in total. The van der Waals surface area contributed by atoms with Crippen molar-refractivity contribution >= 4 is 12.1 Å². The maximum Gasteiger partial charge on any atom is 0.121 e. The van der Waals surface area contributed by atoms with E-state index in [1.54, 1.807) is 0 Å². The number of nitrogens with zero attached hydrogens (tertiary/aromatic N) is 1. The van der Waals surface area contributed by atoms with Crippen LogP contribution in [0.2, 0.25) is 0 Å². The van der Waals surface area contributed by atoms with Gasteiger partial charge in [0, 0.05) is 13.5 Å². The second-order valence-corrected chi connectivity index (χ2v) is 10.2. The summed E-state index contributed by atoms with van der Waals surface area (Å²) in [6.45, 7) is 13.7. The van der Waals surface area contributed by atoms with Crippen LogP contribution in [0.25, 0.3) is 0 Å². The van der Waals surface area contributed by atoms with E-state index in [-0.39, 0.29) is 18.8 Å². The van der Waals surface area contributed by atoms with Crippen LogP contribution in [0.3, 0.4) is 0 Å². The zero-order valence-corrected chi connectivity index (χ0v) is 27.2. The van der Waals surface area contributed by atoms with Gasteiger partial charge in [0.2, 0.25) is 0 Å². The standard InChI is InChI=1S/C27H30N2.C6H12O3.C2H4O.C2H6/c1-5-12-26(28-4)29-27(23-13-8-6-9-14-23,24-15-10-7-11-16-24)25-19-17-22(18-20-25)21(2)3;1-4-2-5(8)6(3-7)9-4;1-2-3;1-2/h5-21H,1-4H3,(H,28,29);4-8H,2-3H2,1H3;2H,1H3;1-2H3/b12-5-;;;. The topological polar surface area (TPSA) is 91.2 Å². The summed E-state index contributed by atoms with van der Waals surface area (Å²) in [6.07, 6.45) is 4.70. The van der Waals surface area contributed by atoms with Gasteiger partial charge in [-0.05, 0) is 55.0 Å². The van der Waals surface area contributed by atoms with Crippen LogP contribution in [0.4, 0.5) is 0 Å². The lowest BCUT2D eigenvalue weighted by molar-refractivity contribution is -0.106. The lowest BCUT2D eigenvalue weighted by Gasteiger charge is -2.38. The molecule has 3 aromatic rings. The molecule has 1 saturated heterocycles. The van der Waals surface area contributed by atoms with Crippen molar-refractivity contribution in [3.63, 3.8) is 0 Å². The maximum absolute atomic E-state index is 9.07. The van der Waals surface area contributed by atoms with Crippen LogP contribution in [0, 0.1) is 0 Å². The molecule has 4 rings (SSSR count). The molecule has 6 heteroatoms. The van der Waals surface area contributed by atoms with E-state index in [9.17, 15) is 0 Å². The molecule has 234 valence electrons. The summed E-state index contributed by atoms with van der Waals surface area (Å²) >= 11 is 0. The number of allylic oxidation sites excluding steroid dienone is 1. The summed E-state index contributed by atoms with van der Waals surface area (Å²) in [5.74, 6) is 1.34. The molecule has 3 atom stereocenters. The minimum Gasteiger partial charge on any atom is -0.394 e. The van der Waals surface area contributed by atoms with Crippen molar-refractivity contribution in [2.24, 2.45) is 4.99 Å². The van der Waals surface area contributed by atoms with Crippen LogP contribution in [0.1, 0.15) is 83.1 Å². The number of benzene rings is 3. The molecule has 0 amide bonds. The zero-order chi connectivity index (χ0) is 32.3. The molecule has 0 radical (unpaired) electrons. The molecule has 3 unspecified atom stereocenters. The zero-order valence-electron chi connectivity index (χ0n) is 27.2. The van der Waals surface area contributed by atoms with E-state index in [4.69, 9.17) is 19.7 Å². The molecule has 43 heavy (non-hydrogen) atoms. The highest BCUT2D eigenvalue weighted by atomic mass is 16.5. The first-order chi connectivity index (χ1) is 20.8. The number of ether oxygens (including phenoxy) is 1. The maximum atomic E-state index is 9.07. The van der Waals surface area contributed by atoms with E-state index in [1.807, 2.05) is 46.9 Å². The normalized spacial score (nSPS) is 18.0. The number of rotatable bonds is 7. The van der Waals surface area contributed by atoms with Crippen molar-refractivity contribution in [2.75, 3.05) is 13.7 Å². The fourth-order valence-electron chi connectivity index (χ4n) is 4.83. The van der Waals surface area contributed by atoms with Crippen molar-refractivity contribution in [3.8, 4) is 0 Å². The van der Waals surface area contributed by atoms with Crippen molar-refractivity contribution in [2.45, 2.75) is 84.7 Å². The smallest absolute Gasteiger partial charge is 0.121 e. The van der Waals surface area contributed by atoms with Crippen molar-refractivity contribution in [1.82, 2.24) is 5.32 Å². The number of aliphatic hydroxyl groups excluding tert-OH is 2. The van der Waals surface area contributed by atoms with Gasteiger partial charge < -0.3 is 25.1 Å². The van der Waals surface area contributed by atoms with E-state index in [1.165, 1.54) is 29.2 Å². The minimum absolute atomic E-state index is 0.0779. The first-order valence-electron chi connectivity index (χ1n) is 15.2. The Morgan fingerprint density at radius 1 is 0.953 bits per heavy atom. The molecule has 1 heterocycles. The van der Waals surface area contributed by atoms with Gasteiger partial charge in [-0.1, -0.05) is 119 Å². The molecule has 3 aromatic carbocycles. The van der Waals surface area contributed by atoms with Gasteiger partial charge in [0.25, 0.3) is 0 Å². The van der Waals surface area contributed by atoms with E-state index in [0.29, 0.717) is 12.3 Å². The molecule has 0 saturated carbocycles. The molecule has 1 aliphatic rings. The number of hydrogen-bond donors (Lipinski definition) is 3. The van der Waals surface area contributed by atoms with Gasteiger partial charge in [0.05, 0.1) is 18.8 Å². The number of nitrogens with one attached hydrogen (secondary N) is 1. The number of carbonyl (C=O) groups excluding carboxylic acids is 1. The molecular weight excluding hydrogens is 536 g/mol. The minimum atomic E-state index is -0.549. The Morgan fingerprint density at radius 3 is 1.74 bits per heavy atom. The summed E-state index contributed by atoms with van der Waals surface area (Å²) in [4.78, 5) is 13.3. The van der Waals surface area contributed by atoms with E-state index < -0.39 is 11.6 Å². The number of amidine groups is 1. The monoisotopic (exact) mass is 588 g/mol. The average molecular weight is 589 g/mol. The summed E-state index contributed by atoms with van der Waals surface area (Å²) < 4.78 is 5.12. The molecule has 0 aromatic heterocycles. The third-order valence-electron chi connectivity index (χ3n) is 6.89. The Morgan fingerprint density at radius 2 is 1.42 bits per heavy atom. The lowest BCUT2D eigenvalue weighted by Crippen LogP contribution is -2.47. The van der Waals surface area contributed by atoms with Crippen LogP contribution in [0.5, 0.6) is 0 Å². The first-order valence-corrected chi connectivity index (χ1v) is 15.2. The lowest BCUT2D eigenvalue weighted by atomic mass is 9.76. The average Bonchev–Trinajstić information content (AvgIpc) is 3.38. The summed E-state index contributed by atoms with van der Waals surface area (Å²) in [6, 6.07) is 30.2. The largest absolute Gasteiger partial charge is 0.394 e. The van der Waals surface area contributed by atoms with Gasteiger partial charge in [-0.3, -0.25) is 4.99 Å². The molecule has 1 aliphatic heterocycles. The molecule has 0 bridgehead atoms. The quantitative estimate of drug-likeness (QED) is 0.119. The number of hydrogen-bond acceptors (Lipinski definition) is 5. The number of aliphatic hydroxyl groups is 2. The SMILES string of the molecule is C/C=C\C(=NC)NC(c1ccccc1)(c1ccccc1)c1ccc(C(C)C)cc1.CC.CC1CC(O)C(CO)O1.CC=O. The molecule has 3 N–H and O–H groups in total. The van der Waals surface area contributed by atoms with Crippen molar-refractivity contribution in [1.29, 1.82) is 0 Å². The Hall–Kier alpha value is -3.58. The van der Waals surface area contributed by atoms with Gasteiger partial charge in [0.15, 0.2) is 0 Å².